The number of nitrogens with zero attached hydrogens (tertiary/aromatic N) is 3. The number of sulfonamides is 1. The zero-order chi connectivity index (χ0) is 22.6. The lowest BCUT2D eigenvalue weighted by Gasteiger charge is -2.34. The fourth-order valence-electron chi connectivity index (χ4n) is 3.16. The van der Waals surface area contributed by atoms with E-state index in [4.69, 9.17) is 5.26 Å². The van der Waals surface area contributed by atoms with E-state index in [9.17, 15) is 26.4 Å². The first-order valence-corrected chi connectivity index (χ1v) is 11.6. The molecule has 1 saturated heterocycles. The molecule has 2 aromatic carbocycles. The van der Waals surface area contributed by atoms with Crippen LogP contribution in [0.15, 0.2) is 58.3 Å². The van der Waals surface area contributed by atoms with Crippen LogP contribution in [0.2, 0.25) is 0 Å². The zero-order valence-electron chi connectivity index (χ0n) is 16.2. The second kappa shape index (κ2) is 9.30. The van der Waals surface area contributed by atoms with Gasteiger partial charge >= 0.3 is 6.18 Å². The lowest BCUT2D eigenvalue weighted by molar-refractivity contribution is -0.137. The van der Waals surface area contributed by atoms with E-state index in [0.29, 0.717) is 16.5 Å². The number of amides is 1. The highest BCUT2D eigenvalue weighted by Gasteiger charge is 2.34. The first-order chi connectivity index (χ1) is 14.6. The minimum absolute atomic E-state index is 0.0299. The lowest BCUT2D eigenvalue weighted by atomic mass is 10.2. The fourth-order valence-corrected chi connectivity index (χ4v) is 5.34. The molecule has 0 radical (unpaired) electrons. The smallest absolute Gasteiger partial charge is 0.336 e. The van der Waals surface area contributed by atoms with Crippen molar-refractivity contribution in [2.24, 2.45) is 0 Å². The van der Waals surface area contributed by atoms with Crippen molar-refractivity contribution in [3.63, 3.8) is 0 Å². The van der Waals surface area contributed by atoms with Crippen molar-refractivity contribution in [2.75, 3.05) is 31.9 Å². The molecule has 0 aliphatic carbocycles. The van der Waals surface area contributed by atoms with Gasteiger partial charge < -0.3 is 4.90 Å². The Morgan fingerprint density at radius 3 is 2.39 bits per heavy atom. The van der Waals surface area contributed by atoms with Crippen LogP contribution >= 0.6 is 11.8 Å². The van der Waals surface area contributed by atoms with Crippen molar-refractivity contribution in [1.29, 1.82) is 5.26 Å². The summed E-state index contributed by atoms with van der Waals surface area (Å²) >= 11 is 1.24. The van der Waals surface area contributed by atoms with Crippen LogP contribution in [0.25, 0.3) is 0 Å². The summed E-state index contributed by atoms with van der Waals surface area (Å²) in [6, 6.07) is 12.5. The van der Waals surface area contributed by atoms with Crippen LogP contribution in [0.1, 0.15) is 15.9 Å². The highest BCUT2D eigenvalue weighted by Crippen LogP contribution is 2.31. The number of halogens is 3. The molecule has 11 heteroatoms. The van der Waals surface area contributed by atoms with Crippen molar-refractivity contribution >= 4 is 27.7 Å². The SMILES string of the molecule is N#CCSc1ccccc1C(=O)N1CCN(S(=O)(=O)c2cccc(C(F)(F)F)c2)CC1. The monoisotopic (exact) mass is 469 g/mol. The van der Waals surface area contributed by atoms with Gasteiger partial charge in [-0.15, -0.1) is 11.8 Å². The Balaban J connectivity index is 1.73. The van der Waals surface area contributed by atoms with Crippen molar-refractivity contribution < 1.29 is 26.4 Å². The number of nitriles is 1. The molecule has 0 saturated carbocycles. The van der Waals surface area contributed by atoms with E-state index < -0.39 is 26.7 Å². The first kappa shape index (κ1) is 23.1. The summed E-state index contributed by atoms with van der Waals surface area (Å²) in [4.78, 5) is 14.6. The third-order valence-corrected chi connectivity index (χ3v) is 7.57. The minimum atomic E-state index is -4.65. The Morgan fingerprint density at radius 2 is 1.74 bits per heavy atom. The third-order valence-electron chi connectivity index (χ3n) is 4.73. The second-order valence-corrected chi connectivity index (χ2v) is 9.62. The predicted molar refractivity (Wildman–Crippen MR) is 109 cm³/mol. The Morgan fingerprint density at radius 1 is 1.06 bits per heavy atom. The lowest BCUT2D eigenvalue weighted by Crippen LogP contribution is -2.50. The average molecular weight is 470 g/mol. The van der Waals surface area contributed by atoms with Crippen LogP contribution in [0.5, 0.6) is 0 Å². The molecule has 0 atom stereocenters. The Kier molecular flexibility index (Phi) is 6.93. The molecule has 1 amide bonds. The number of carbonyl (C=O) groups is 1. The second-order valence-electron chi connectivity index (χ2n) is 6.66. The van der Waals surface area contributed by atoms with E-state index in [2.05, 4.69) is 0 Å². The molecule has 3 rings (SSSR count). The number of carbonyl (C=O) groups excluding carboxylic acids is 1. The van der Waals surface area contributed by atoms with Gasteiger partial charge in [-0.2, -0.15) is 22.7 Å². The van der Waals surface area contributed by atoms with E-state index in [0.717, 1.165) is 22.5 Å². The topological polar surface area (TPSA) is 81.5 Å². The molecule has 0 aromatic heterocycles. The molecule has 0 unspecified atom stereocenters. The van der Waals surface area contributed by atoms with Gasteiger partial charge in [-0.25, -0.2) is 8.42 Å². The van der Waals surface area contributed by atoms with E-state index in [1.165, 1.54) is 16.7 Å². The zero-order valence-corrected chi connectivity index (χ0v) is 17.8. The van der Waals surface area contributed by atoms with Crippen molar-refractivity contribution in [3.05, 3.63) is 59.7 Å². The van der Waals surface area contributed by atoms with Gasteiger partial charge in [0.1, 0.15) is 0 Å². The van der Waals surface area contributed by atoms with Crippen LogP contribution in [0.4, 0.5) is 13.2 Å². The summed E-state index contributed by atoms with van der Waals surface area (Å²) in [6.07, 6.45) is -4.65. The molecule has 0 spiro atoms. The number of rotatable bonds is 5. The Labute approximate surface area is 182 Å². The highest BCUT2D eigenvalue weighted by atomic mass is 32.2. The molecular weight excluding hydrogens is 451 g/mol. The first-order valence-electron chi connectivity index (χ1n) is 9.20. The van der Waals surface area contributed by atoms with Crippen LogP contribution in [-0.2, 0) is 16.2 Å². The molecule has 1 aliphatic heterocycles. The van der Waals surface area contributed by atoms with E-state index in [1.807, 2.05) is 6.07 Å². The van der Waals surface area contributed by atoms with Gasteiger partial charge in [0.15, 0.2) is 0 Å². The molecule has 0 N–H and O–H groups in total. The van der Waals surface area contributed by atoms with E-state index in [-0.39, 0.29) is 37.8 Å². The molecular formula is C20H18F3N3O3S2. The third kappa shape index (κ3) is 5.20. The molecule has 164 valence electrons. The summed E-state index contributed by atoms with van der Waals surface area (Å²) in [7, 11) is -4.12. The summed E-state index contributed by atoms with van der Waals surface area (Å²) in [6.45, 7) is 0.151. The van der Waals surface area contributed by atoms with Crippen LogP contribution in [0.3, 0.4) is 0 Å². The number of piperazine rings is 1. The number of hydrogen-bond donors (Lipinski definition) is 0. The van der Waals surface area contributed by atoms with Crippen LogP contribution < -0.4 is 0 Å². The summed E-state index contributed by atoms with van der Waals surface area (Å²) in [5.41, 5.74) is -0.606. The normalized spacial score (nSPS) is 15.5. The Hall–Kier alpha value is -2.55. The molecule has 6 nitrogen and oxygen atoms in total. The minimum Gasteiger partial charge on any atom is -0.336 e. The standard InChI is InChI=1S/C20H18F3N3O3S2/c21-20(22,23)15-4-3-5-16(14-15)31(28,29)26-11-9-25(10-12-26)19(27)17-6-1-2-7-18(17)30-13-8-24/h1-7,14H,9-13H2. The molecule has 1 aliphatic rings. The van der Waals surface area contributed by atoms with Crippen molar-refractivity contribution in [2.45, 2.75) is 16.0 Å². The maximum absolute atomic E-state index is 12.9. The van der Waals surface area contributed by atoms with Gasteiger partial charge in [-0.1, -0.05) is 18.2 Å². The van der Waals surface area contributed by atoms with Crippen LogP contribution in [-0.4, -0.2) is 55.5 Å². The van der Waals surface area contributed by atoms with Gasteiger partial charge in [0, 0.05) is 31.1 Å². The fraction of sp³-hybridized carbons (Fsp3) is 0.300. The highest BCUT2D eigenvalue weighted by molar-refractivity contribution is 7.99. The molecule has 1 fully saturated rings. The maximum Gasteiger partial charge on any atom is 0.416 e. The molecule has 31 heavy (non-hydrogen) atoms. The van der Waals surface area contributed by atoms with Crippen molar-refractivity contribution in [3.8, 4) is 6.07 Å². The number of alkyl halides is 3. The summed E-state index contributed by atoms with van der Waals surface area (Å²) in [5.74, 6) is -0.0926. The van der Waals surface area contributed by atoms with E-state index >= 15 is 0 Å². The number of thioether (sulfide) groups is 1. The quantitative estimate of drug-likeness (QED) is 0.627. The largest absolute Gasteiger partial charge is 0.416 e. The van der Waals surface area contributed by atoms with Gasteiger partial charge in [0.25, 0.3) is 5.91 Å². The van der Waals surface area contributed by atoms with Gasteiger partial charge in [0.2, 0.25) is 10.0 Å². The van der Waals surface area contributed by atoms with Gasteiger partial charge in [0.05, 0.1) is 27.8 Å². The molecule has 2 aromatic rings. The summed E-state index contributed by atoms with van der Waals surface area (Å²) < 4.78 is 65.5. The average Bonchev–Trinajstić information content (AvgIpc) is 2.77. The van der Waals surface area contributed by atoms with Crippen molar-refractivity contribution in [1.82, 2.24) is 9.21 Å². The van der Waals surface area contributed by atoms with Gasteiger partial charge in [-0.05, 0) is 30.3 Å². The number of benzene rings is 2. The van der Waals surface area contributed by atoms with Crippen LogP contribution in [0, 0.1) is 11.3 Å². The molecule has 0 bridgehead atoms. The van der Waals surface area contributed by atoms with Gasteiger partial charge in [-0.3, -0.25) is 4.79 Å². The summed E-state index contributed by atoms with van der Waals surface area (Å²) in [5, 5.41) is 8.78. The predicted octanol–water partition coefficient (Wildman–Crippen LogP) is 3.47. The van der Waals surface area contributed by atoms with E-state index in [1.54, 1.807) is 24.3 Å². The maximum atomic E-state index is 12.9. The molecule has 1 heterocycles. The number of hydrogen-bond acceptors (Lipinski definition) is 5. The Bertz CT molecular complexity index is 1110.